The normalized spacial score (nSPS) is 28.7. The number of hydrogen-bond acceptors (Lipinski definition) is 5. The van der Waals surface area contributed by atoms with Crippen LogP contribution in [0, 0.1) is 22.7 Å². The molecule has 182 valence electrons. The van der Waals surface area contributed by atoms with Crippen molar-refractivity contribution >= 4 is 11.9 Å². The molecule has 2 fully saturated rings. The van der Waals surface area contributed by atoms with Gasteiger partial charge in [-0.05, 0) is 86.5 Å². The van der Waals surface area contributed by atoms with Crippen molar-refractivity contribution in [1.29, 1.82) is 0 Å². The van der Waals surface area contributed by atoms with Crippen molar-refractivity contribution in [2.75, 3.05) is 7.11 Å². The number of carbonyl (C=O) groups is 2. The summed E-state index contributed by atoms with van der Waals surface area (Å²) >= 11 is 0. The van der Waals surface area contributed by atoms with Crippen molar-refractivity contribution in [3.8, 4) is 0 Å². The van der Waals surface area contributed by atoms with Crippen molar-refractivity contribution in [2.45, 2.75) is 65.4 Å². The molecular formula is C29H36O5. The van der Waals surface area contributed by atoms with Crippen LogP contribution >= 0.6 is 0 Å². The standard InChI is InChI=1S/C29H36O5/c1-20-11-14-25-28(2,16-8-17-29(25,3)27(31)32-4)23(20)13-12-21-15-18-33-24(21)19-34-26(30)22-9-6-5-7-10-22/h5-7,9-10,15,18,23,25H,1,8,11-14,16-17,19H2,2-4H3/t23-,25?,28+,29-/m0/s1. The van der Waals surface area contributed by atoms with Gasteiger partial charge in [-0.2, -0.15) is 0 Å². The van der Waals surface area contributed by atoms with Gasteiger partial charge in [-0.1, -0.05) is 43.7 Å². The summed E-state index contributed by atoms with van der Waals surface area (Å²) in [5.74, 6) is 0.864. The lowest BCUT2D eigenvalue weighted by molar-refractivity contribution is -0.168. The monoisotopic (exact) mass is 464 g/mol. The molecule has 2 aliphatic carbocycles. The minimum absolute atomic E-state index is 0.0141. The van der Waals surface area contributed by atoms with Crippen LogP contribution in [0.3, 0.4) is 0 Å². The molecule has 0 saturated heterocycles. The quantitative estimate of drug-likeness (QED) is 0.345. The summed E-state index contributed by atoms with van der Waals surface area (Å²) < 4.78 is 16.4. The Kier molecular flexibility index (Phi) is 7.01. The van der Waals surface area contributed by atoms with E-state index in [-0.39, 0.29) is 29.9 Å². The lowest BCUT2D eigenvalue weighted by atomic mass is 9.46. The number of methoxy groups -OCH3 is 1. The molecule has 1 unspecified atom stereocenters. The van der Waals surface area contributed by atoms with Crippen molar-refractivity contribution < 1.29 is 23.5 Å². The molecule has 2 saturated carbocycles. The first-order valence-electron chi connectivity index (χ1n) is 12.3. The van der Waals surface area contributed by atoms with Gasteiger partial charge in [-0.3, -0.25) is 4.79 Å². The van der Waals surface area contributed by atoms with E-state index in [9.17, 15) is 9.59 Å². The minimum Gasteiger partial charge on any atom is -0.469 e. The predicted molar refractivity (Wildman–Crippen MR) is 130 cm³/mol. The molecule has 0 aliphatic heterocycles. The molecule has 4 atom stereocenters. The van der Waals surface area contributed by atoms with E-state index in [0.717, 1.165) is 50.5 Å². The van der Waals surface area contributed by atoms with Crippen molar-refractivity contribution in [3.63, 3.8) is 0 Å². The second-order valence-corrected chi connectivity index (χ2v) is 10.4. The van der Waals surface area contributed by atoms with Gasteiger partial charge in [0.1, 0.15) is 12.4 Å². The fourth-order valence-electron chi connectivity index (χ4n) is 6.76. The Balaban J connectivity index is 1.45. The summed E-state index contributed by atoms with van der Waals surface area (Å²) in [6.07, 6.45) is 8.36. The van der Waals surface area contributed by atoms with Crippen LogP contribution in [0.15, 0.2) is 59.2 Å². The molecule has 34 heavy (non-hydrogen) atoms. The number of benzene rings is 1. The van der Waals surface area contributed by atoms with Gasteiger partial charge in [-0.25, -0.2) is 4.79 Å². The molecule has 2 aromatic rings. The molecule has 0 radical (unpaired) electrons. The minimum atomic E-state index is -0.437. The van der Waals surface area contributed by atoms with Crippen molar-refractivity contribution in [1.82, 2.24) is 0 Å². The van der Waals surface area contributed by atoms with E-state index < -0.39 is 5.41 Å². The van der Waals surface area contributed by atoms with Crippen LogP contribution in [-0.4, -0.2) is 19.0 Å². The maximum atomic E-state index is 12.8. The average Bonchev–Trinajstić information content (AvgIpc) is 3.29. The molecule has 2 aliphatic rings. The predicted octanol–water partition coefficient (Wildman–Crippen LogP) is 6.52. The van der Waals surface area contributed by atoms with Crippen LogP contribution < -0.4 is 0 Å². The van der Waals surface area contributed by atoms with Crippen LogP contribution in [0.25, 0.3) is 0 Å². The highest BCUT2D eigenvalue weighted by Crippen LogP contribution is 2.62. The third-order valence-electron chi connectivity index (χ3n) is 8.56. The molecule has 0 spiro atoms. The highest BCUT2D eigenvalue weighted by molar-refractivity contribution is 5.89. The zero-order chi connectivity index (χ0) is 24.3. The van der Waals surface area contributed by atoms with Crippen LogP contribution in [0.4, 0.5) is 0 Å². The van der Waals surface area contributed by atoms with Crippen LogP contribution in [-0.2, 0) is 27.3 Å². The van der Waals surface area contributed by atoms with E-state index in [2.05, 4.69) is 20.4 Å². The summed E-state index contributed by atoms with van der Waals surface area (Å²) in [5, 5.41) is 0. The molecule has 1 heterocycles. The van der Waals surface area contributed by atoms with Crippen LogP contribution in [0.2, 0.25) is 0 Å². The van der Waals surface area contributed by atoms with Crippen LogP contribution in [0.1, 0.15) is 74.1 Å². The average molecular weight is 465 g/mol. The molecule has 5 nitrogen and oxygen atoms in total. The number of fused-ring (bicyclic) bond motifs is 1. The zero-order valence-electron chi connectivity index (χ0n) is 20.6. The second-order valence-electron chi connectivity index (χ2n) is 10.4. The number of hydrogen-bond donors (Lipinski definition) is 0. The number of aryl methyl sites for hydroxylation is 1. The van der Waals surface area contributed by atoms with Gasteiger partial charge in [0, 0.05) is 0 Å². The van der Waals surface area contributed by atoms with Crippen molar-refractivity contribution in [3.05, 3.63) is 71.7 Å². The van der Waals surface area contributed by atoms with Gasteiger partial charge in [0.05, 0.1) is 24.4 Å². The van der Waals surface area contributed by atoms with Gasteiger partial charge in [-0.15, -0.1) is 0 Å². The number of esters is 2. The summed E-state index contributed by atoms with van der Waals surface area (Å²) in [7, 11) is 1.50. The van der Waals surface area contributed by atoms with E-state index in [1.54, 1.807) is 18.4 Å². The Labute approximate surface area is 202 Å². The maximum absolute atomic E-state index is 12.8. The third-order valence-corrected chi connectivity index (χ3v) is 8.56. The number of rotatable bonds is 7. The summed E-state index contributed by atoms with van der Waals surface area (Å²) in [5.41, 5.74) is 2.45. The number of carbonyl (C=O) groups excluding carboxylic acids is 2. The maximum Gasteiger partial charge on any atom is 0.338 e. The van der Waals surface area contributed by atoms with Gasteiger partial charge < -0.3 is 13.9 Å². The largest absolute Gasteiger partial charge is 0.469 e. The summed E-state index contributed by atoms with van der Waals surface area (Å²) in [6.45, 7) is 9.01. The molecule has 0 bridgehead atoms. The smallest absolute Gasteiger partial charge is 0.338 e. The number of ether oxygens (including phenoxy) is 2. The van der Waals surface area contributed by atoms with E-state index in [0.29, 0.717) is 17.2 Å². The summed E-state index contributed by atoms with van der Waals surface area (Å²) in [4.78, 5) is 25.1. The lowest BCUT2D eigenvalue weighted by Crippen LogP contribution is -2.53. The molecule has 4 rings (SSSR count). The number of furan rings is 1. The highest BCUT2D eigenvalue weighted by Gasteiger charge is 2.57. The first kappa shape index (κ1) is 24.3. The van der Waals surface area contributed by atoms with E-state index in [1.165, 1.54) is 12.7 Å². The van der Waals surface area contributed by atoms with E-state index >= 15 is 0 Å². The Morgan fingerprint density at radius 1 is 1.15 bits per heavy atom. The van der Waals surface area contributed by atoms with Crippen LogP contribution in [0.5, 0.6) is 0 Å². The Bertz CT molecular complexity index is 1040. The zero-order valence-corrected chi connectivity index (χ0v) is 20.6. The fraction of sp³-hybridized carbons (Fsp3) is 0.517. The SMILES string of the molecule is C=C1CCC2[C@](C)(CCC[C@]2(C)C(=O)OC)[C@H]1CCc1ccoc1COC(=O)c1ccccc1. The molecule has 5 heteroatoms. The first-order valence-corrected chi connectivity index (χ1v) is 12.3. The second kappa shape index (κ2) is 9.81. The van der Waals surface area contributed by atoms with E-state index in [1.807, 2.05) is 24.3 Å². The van der Waals surface area contributed by atoms with Crippen molar-refractivity contribution in [2.24, 2.45) is 22.7 Å². The third kappa shape index (κ3) is 4.45. The Morgan fingerprint density at radius 3 is 2.65 bits per heavy atom. The highest BCUT2D eigenvalue weighted by atomic mass is 16.5. The molecule has 0 amide bonds. The molecule has 1 aromatic heterocycles. The lowest BCUT2D eigenvalue weighted by Gasteiger charge is -2.57. The van der Waals surface area contributed by atoms with Gasteiger partial charge in [0.15, 0.2) is 0 Å². The first-order chi connectivity index (χ1) is 16.3. The summed E-state index contributed by atoms with van der Waals surface area (Å²) in [6, 6.07) is 10.9. The van der Waals surface area contributed by atoms with Gasteiger partial charge >= 0.3 is 11.9 Å². The molecule has 1 aromatic carbocycles. The molecular weight excluding hydrogens is 428 g/mol. The molecule has 0 N–H and O–H groups in total. The van der Waals surface area contributed by atoms with Gasteiger partial charge in [0.2, 0.25) is 0 Å². The van der Waals surface area contributed by atoms with Gasteiger partial charge in [0.25, 0.3) is 0 Å². The topological polar surface area (TPSA) is 65.7 Å². The Morgan fingerprint density at radius 2 is 1.91 bits per heavy atom. The Hall–Kier alpha value is -2.82. The van der Waals surface area contributed by atoms with E-state index in [4.69, 9.17) is 13.9 Å². The number of allylic oxidation sites excluding steroid dienone is 1. The fourth-order valence-corrected chi connectivity index (χ4v) is 6.76.